The standard InChI is InChI=1S/C15H12N/c1-2-13-8-10-14(11-9-13)12-16-15-6-4-3-5-7-15/h3-11,16H,12H2/q-1. The van der Waals surface area contributed by atoms with Crippen LogP contribution in [0.3, 0.4) is 0 Å². The maximum absolute atomic E-state index is 6.99. The van der Waals surface area contributed by atoms with Crippen molar-refractivity contribution in [2.45, 2.75) is 6.54 Å². The molecular weight excluding hydrogens is 194 g/mol. The second-order valence-electron chi connectivity index (χ2n) is 3.54. The number of hydrogen-bond acceptors (Lipinski definition) is 1. The molecule has 78 valence electrons. The molecule has 0 heterocycles. The summed E-state index contributed by atoms with van der Waals surface area (Å²) in [6.45, 7) is 0.794. The minimum atomic E-state index is 0.794. The molecule has 1 N–H and O–H groups in total. The first kappa shape index (κ1) is 10.3. The van der Waals surface area contributed by atoms with Crippen molar-refractivity contribution in [2.75, 3.05) is 5.32 Å². The van der Waals surface area contributed by atoms with Crippen LogP contribution in [0.2, 0.25) is 0 Å². The van der Waals surface area contributed by atoms with Gasteiger partial charge in [-0.2, -0.15) is 0 Å². The fraction of sp³-hybridized carbons (Fsp3) is 0.0667. The largest absolute Gasteiger partial charge is 0.381 e. The Bertz CT molecular complexity index is 477. The van der Waals surface area contributed by atoms with Crippen molar-refractivity contribution in [1.82, 2.24) is 0 Å². The average Bonchev–Trinajstić information content (AvgIpc) is 2.38. The number of benzene rings is 2. The molecule has 0 radical (unpaired) electrons. The fourth-order valence-corrected chi connectivity index (χ4v) is 1.47. The van der Waals surface area contributed by atoms with Crippen molar-refractivity contribution in [3.8, 4) is 5.92 Å². The molecule has 2 rings (SSSR count). The van der Waals surface area contributed by atoms with E-state index in [0.29, 0.717) is 0 Å². The predicted molar refractivity (Wildman–Crippen MR) is 66.4 cm³/mol. The molecule has 2 aromatic rings. The lowest BCUT2D eigenvalue weighted by molar-refractivity contribution is 1.15. The third-order valence-corrected chi connectivity index (χ3v) is 2.37. The zero-order chi connectivity index (χ0) is 11.2. The van der Waals surface area contributed by atoms with Crippen LogP contribution in [0.4, 0.5) is 5.69 Å². The Balaban J connectivity index is 1.98. The normalized spacial score (nSPS) is 9.44. The summed E-state index contributed by atoms with van der Waals surface area (Å²) in [7, 11) is 0. The van der Waals surface area contributed by atoms with E-state index in [2.05, 4.69) is 11.2 Å². The van der Waals surface area contributed by atoms with Crippen molar-refractivity contribution in [1.29, 1.82) is 0 Å². The quantitative estimate of drug-likeness (QED) is 0.600. The molecule has 0 amide bonds. The topological polar surface area (TPSA) is 12.0 Å². The van der Waals surface area contributed by atoms with E-state index in [1.54, 1.807) is 0 Å². The molecule has 0 bridgehead atoms. The van der Waals surface area contributed by atoms with Crippen molar-refractivity contribution in [3.05, 3.63) is 72.1 Å². The second-order valence-corrected chi connectivity index (χ2v) is 3.54. The van der Waals surface area contributed by atoms with Crippen LogP contribution in [0.1, 0.15) is 11.1 Å². The zero-order valence-electron chi connectivity index (χ0n) is 8.90. The summed E-state index contributed by atoms with van der Waals surface area (Å²) in [6.07, 6.45) is 6.99. The summed E-state index contributed by atoms with van der Waals surface area (Å²) in [5.41, 5.74) is 3.12. The third kappa shape index (κ3) is 2.65. The van der Waals surface area contributed by atoms with Gasteiger partial charge in [-0.3, -0.25) is 5.92 Å². The van der Waals surface area contributed by atoms with Gasteiger partial charge in [0.2, 0.25) is 0 Å². The molecule has 0 spiro atoms. The van der Waals surface area contributed by atoms with Gasteiger partial charge in [-0.15, -0.1) is 17.7 Å². The summed E-state index contributed by atoms with van der Waals surface area (Å²) in [5.74, 6) is 2.36. The summed E-state index contributed by atoms with van der Waals surface area (Å²) in [4.78, 5) is 0. The van der Waals surface area contributed by atoms with E-state index >= 15 is 0 Å². The van der Waals surface area contributed by atoms with Crippen molar-refractivity contribution < 1.29 is 0 Å². The van der Waals surface area contributed by atoms with Gasteiger partial charge in [-0.1, -0.05) is 30.3 Å². The van der Waals surface area contributed by atoms with E-state index in [-0.39, 0.29) is 0 Å². The molecule has 0 aliphatic heterocycles. The van der Waals surface area contributed by atoms with E-state index in [4.69, 9.17) is 6.42 Å². The predicted octanol–water partition coefficient (Wildman–Crippen LogP) is 3.24. The van der Waals surface area contributed by atoms with Crippen LogP contribution in [0.15, 0.2) is 54.6 Å². The lowest BCUT2D eigenvalue weighted by atomic mass is 10.1. The molecule has 0 unspecified atom stereocenters. The van der Waals surface area contributed by atoms with Gasteiger partial charge in [-0.25, -0.2) is 0 Å². The minimum absolute atomic E-state index is 0.794. The van der Waals surface area contributed by atoms with Gasteiger partial charge in [0, 0.05) is 12.2 Å². The van der Waals surface area contributed by atoms with E-state index in [1.807, 2.05) is 54.6 Å². The number of para-hydroxylation sites is 1. The average molecular weight is 206 g/mol. The number of hydrogen-bond donors (Lipinski definition) is 1. The molecule has 0 atom stereocenters. The summed E-state index contributed by atoms with van der Waals surface area (Å²) >= 11 is 0. The third-order valence-electron chi connectivity index (χ3n) is 2.37. The first-order chi connectivity index (χ1) is 7.88. The number of nitrogens with one attached hydrogen (secondary N) is 1. The molecular formula is C15H12N-. The van der Waals surface area contributed by atoms with E-state index in [1.165, 1.54) is 5.56 Å². The Morgan fingerprint density at radius 2 is 1.62 bits per heavy atom. The van der Waals surface area contributed by atoms with Gasteiger partial charge in [0.05, 0.1) is 0 Å². The molecule has 0 fully saturated rings. The van der Waals surface area contributed by atoms with Crippen LogP contribution < -0.4 is 5.32 Å². The Hall–Kier alpha value is -2.20. The Kier molecular flexibility index (Phi) is 3.25. The minimum Gasteiger partial charge on any atom is -0.381 e. The molecule has 0 aliphatic rings. The first-order valence-electron chi connectivity index (χ1n) is 5.19. The highest BCUT2D eigenvalue weighted by Crippen LogP contribution is 2.09. The van der Waals surface area contributed by atoms with Gasteiger partial charge in [0.15, 0.2) is 0 Å². The molecule has 16 heavy (non-hydrogen) atoms. The van der Waals surface area contributed by atoms with Crippen molar-refractivity contribution >= 4 is 5.69 Å². The van der Waals surface area contributed by atoms with Crippen molar-refractivity contribution in [2.24, 2.45) is 0 Å². The Morgan fingerprint density at radius 3 is 2.25 bits per heavy atom. The Morgan fingerprint density at radius 1 is 0.938 bits per heavy atom. The number of rotatable bonds is 3. The summed E-state index contributed by atoms with van der Waals surface area (Å²) in [5, 5.41) is 3.33. The highest BCUT2D eigenvalue weighted by Gasteiger charge is 1.91. The maximum Gasteiger partial charge on any atom is 0.0399 e. The van der Waals surface area contributed by atoms with Crippen LogP contribution in [0, 0.1) is 12.3 Å². The number of anilines is 1. The highest BCUT2D eigenvalue weighted by atomic mass is 14.9. The lowest BCUT2D eigenvalue weighted by Gasteiger charge is -2.07. The van der Waals surface area contributed by atoms with E-state index in [0.717, 1.165) is 17.8 Å². The summed E-state index contributed by atoms with van der Waals surface area (Å²) < 4.78 is 0. The van der Waals surface area contributed by atoms with Crippen LogP contribution in [0.25, 0.3) is 0 Å². The molecule has 2 aromatic carbocycles. The van der Waals surface area contributed by atoms with Gasteiger partial charge in [-0.05, 0) is 17.7 Å². The smallest absolute Gasteiger partial charge is 0.0399 e. The molecule has 1 nitrogen and oxygen atoms in total. The molecule has 0 aromatic heterocycles. The van der Waals surface area contributed by atoms with E-state index in [9.17, 15) is 0 Å². The van der Waals surface area contributed by atoms with Crippen LogP contribution in [-0.2, 0) is 6.54 Å². The SMILES string of the molecule is [C-]#Cc1ccc(CNc2ccccc2)cc1. The molecule has 0 saturated carbocycles. The van der Waals surface area contributed by atoms with Gasteiger partial charge < -0.3 is 11.7 Å². The maximum atomic E-state index is 6.99. The highest BCUT2D eigenvalue weighted by molar-refractivity contribution is 5.43. The van der Waals surface area contributed by atoms with Crippen LogP contribution >= 0.6 is 0 Å². The summed E-state index contributed by atoms with van der Waals surface area (Å²) in [6, 6.07) is 17.9. The Labute approximate surface area is 96.1 Å². The fourth-order valence-electron chi connectivity index (χ4n) is 1.47. The van der Waals surface area contributed by atoms with Crippen LogP contribution in [0.5, 0.6) is 0 Å². The van der Waals surface area contributed by atoms with Crippen LogP contribution in [-0.4, -0.2) is 0 Å². The second kappa shape index (κ2) is 5.04. The van der Waals surface area contributed by atoms with Crippen molar-refractivity contribution in [3.63, 3.8) is 0 Å². The zero-order valence-corrected chi connectivity index (χ0v) is 8.90. The lowest BCUT2D eigenvalue weighted by Crippen LogP contribution is -1.98. The first-order valence-corrected chi connectivity index (χ1v) is 5.19. The van der Waals surface area contributed by atoms with Gasteiger partial charge >= 0.3 is 0 Å². The van der Waals surface area contributed by atoms with Gasteiger partial charge in [0.25, 0.3) is 0 Å². The van der Waals surface area contributed by atoms with Gasteiger partial charge in [0.1, 0.15) is 0 Å². The van der Waals surface area contributed by atoms with E-state index < -0.39 is 0 Å². The molecule has 1 heteroatoms. The monoisotopic (exact) mass is 206 g/mol. The molecule has 0 saturated heterocycles. The molecule has 0 aliphatic carbocycles.